The van der Waals surface area contributed by atoms with Crippen molar-refractivity contribution >= 4 is 21.8 Å². The number of carbonyl (C=O) groups is 1. The maximum atomic E-state index is 13.0. The summed E-state index contributed by atoms with van der Waals surface area (Å²) in [5, 5.41) is 0. The van der Waals surface area contributed by atoms with Crippen LogP contribution < -0.4 is 9.62 Å². The first-order valence-electron chi connectivity index (χ1n) is 7.76. The second kappa shape index (κ2) is 6.54. The molecule has 0 saturated carbocycles. The second-order valence-electron chi connectivity index (χ2n) is 6.01. The van der Waals surface area contributed by atoms with Crippen molar-refractivity contribution in [3.63, 3.8) is 0 Å². The number of hydrogen-bond acceptors (Lipinski definition) is 3. The minimum Gasteiger partial charge on any atom is -0.312 e. The van der Waals surface area contributed by atoms with Crippen LogP contribution in [0, 0.1) is 11.7 Å². The van der Waals surface area contributed by atoms with E-state index in [4.69, 9.17) is 0 Å². The minimum absolute atomic E-state index is 0.0676. The van der Waals surface area contributed by atoms with E-state index in [9.17, 15) is 17.6 Å². The molecule has 3 rings (SSSR count). The van der Waals surface area contributed by atoms with Gasteiger partial charge in [-0.3, -0.25) is 4.79 Å². The summed E-state index contributed by atoms with van der Waals surface area (Å²) in [4.78, 5) is 13.7. The van der Waals surface area contributed by atoms with Crippen molar-refractivity contribution in [2.75, 3.05) is 31.1 Å². The predicted molar refractivity (Wildman–Crippen MR) is 84.6 cm³/mol. The number of nitrogens with one attached hydrogen (secondary N) is 1. The Bertz CT molecular complexity index is 672. The van der Waals surface area contributed by atoms with Gasteiger partial charge in [0.1, 0.15) is 5.82 Å². The largest absolute Gasteiger partial charge is 0.312 e. The maximum Gasteiger partial charge on any atom is 0.279 e. The number of amides is 1. The van der Waals surface area contributed by atoms with Gasteiger partial charge in [0.15, 0.2) is 0 Å². The molecule has 1 unspecified atom stereocenters. The van der Waals surface area contributed by atoms with Crippen LogP contribution in [0.15, 0.2) is 24.3 Å². The molecule has 1 amide bonds. The first-order chi connectivity index (χ1) is 11.0. The highest BCUT2D eigenvalue weighted by Crippen LogP contribution is 2.25. The Morgan fingerprint density at radius 2 is 1.83 bits per heavy atom. The topological polar surface area (TPSA) is 69.7 Å². The van der Waals surface area contributed by atoms with Gasteiger partial charge in [-0.2, -0.15) is 12.7 Å². The molecule has 1 aromatic rings. The molecule has 2 fully saturated rings. The first kappa shape index (κ1) is 16.4. The van der Waals surface area contributed by atoms with Gasteiger partial charge >= 0.3 is 0 Å². The van der Waals surface area contributed by atoms with Gasteiger partial charge in [0, 0.05) is 38.3 Å². The zero-order valence-corrected chi connectivity index (χ0v) is 13.6. The fourth-order valence-corrected chi connectivity index (χ4v) is 4.40. The average molecular weight is 341 g/mol. The van der Waals surface area contributed by atoms with Crippen molar-refractivity contribution in [3.05, 3.63) is 30.1 Å². The Kier molecular flexibility index (Phi) is 4.65. The molecule has 2 saturated heterocycles. The molecule has 0 radical (unpaired) electrons. The van der Waals surface area contributed by atoms with E-state index in [2.05, 4.69) is 4.72 Å². The van der Waals surface area contributed by atoms with Gasteiger partial charge in [-0.1, -0.05) is 0 Å². The van der Waals surface area contributed by atoms with Crippen LogP contribution in [0.4, 0.5) is 10.1 Å². The van der Waals surface area contributed by atoms with E-state index in [-0.39, 0.29) is 24.2 Å². The fourth-order valence-electron chi connectivity index (χ4n) is 3.03. The smallest absolute Gasteiger partial charge is 0.279 e. The van der Waals surface area contributed by atoms with Gasteiger partial charge in [0.25, 0.3) is 10.2 Å². The lowest BCUT2D eigenvalue weighted by atomic mass is 10.1. The van der Waals surface area contributed by atoms with Gasteiger partial charge < -0.3 is 4.90 Å². The molecule has 6 nitrogen and oxygen atoms in total. The van der Waals surface area contributed by atoms with E-state index >= 15 is 0 Å². The van der Waals surface area contributed by atoms with Gasteiger partial charge in [-0.15, -0.1) is 0 Å². The minimum atomic E-state index is -3.45. The van der Waals surface area contributed by atoms with Crippen molar-refractivity contribution < 1.29 is 17.6 Å². The van der Waals surface area contributed by atoms with Gasteiger partial charge in [-0.25, -0.2) is 9.11 Å². The predicted octanol–water partition coefficient (Wildman–Crippen LogP) is 1.11. The summed E-state index contributed by atoms with van der Waals surface area (Å²) in [5.74, 6) is -0.498. The highest BCUT2D eigenvalue weighted by molar-refractivity contribution is 7.87. The van der Waals surface area contributed by atoms with E-state index in [1.807, 2.05) is 0 Å². The second-order valence-corrected chi connectivity index (χ2v) is 7.77. The third kappa shape index (κ3) is 3.70. The Morgan fingerprint density at radius 1 is 1.17 bits per heavy atom. The van der Waals surface area contributed by atoms with Crippen LogP contribution in [-0.4, -0.2) is 44.8 Å². The van der Waals surface area contributed by atoms with Crippen LogP contribution in [0.2, 0.25) is 0 Å². The molecule has 0 bridgehead atoms. The standard InChI is InChI=1S/C15H20FN3O3S/c16-13-3-5-14(6-4-13)19-11-12(9-15(19)20)10-17-23(21,22)18-7-1-2-8-18/h3-6,12,17H,1-2,7-11H2. The maximum absolute atomic E-state index is 13.0. The highest BCUT2D eigenvalue weighted by atomic mass is 32.2. The summed E-state index contributed by atoms with van der Waals surface area (Å²) in [5.41, 5.74) is 0.640. The summed E-state index contributed by atoms with van der Waals surface area (Å²) in [6.45, 7) is 1.79. The van der Waals surface area contributed by atoms with Crippen LogP contribution in [0.5, 0.6) is 0 Å². The van der Waals surface area contributed by atoms with Crippen LogP contribution in [0.25, 0.3) is 0 Å². The molecule has 8 heteroatoms. The Hall–Kier alpha value is -1.51. The summed E-state index contributed by atoms with van der Waals surface area (Å²) >= 11 is 0. The van der Waals surface area contributed by atoms with E-state index in [1.54, 1.807) is 17.0 Å². The van der Waals surface area contributed by atoms with Gasteiger partial charge in [0.2, 0.25) is 5.91 Å². The molecule has 0 spiro atoms. The summed E-state index contributed by atoms with van der Waals surface area (Å²) in [6.07, 6.45) is 2.07. The van der Waals surface area contributed by atoms with E-state index in [0.29, 0.717) is 31.7 Å². The molecule has 126 valence electrons. The molecular formula is C15H20FN3O3S. The van der Waals surface area contributed by atoms with Gasteiger partial charge in [0.05, 0.1) is 0 Å². The third-order valence-corrected chi connectivity index (χ3v) is 5.88. The molecule has 1 atom stereocenters. The Morgan fingerprint density at radius 3 is 2.48 bits per heavy atom. The van der Waals surface area contributed by atoms with E-state index < -0.39 is 10.2 Å². The summed E-state index contributed by atoms with van der Waals surface area (Å²) < 4.78 is 41.3. The van der Waals surface area contributed by atoms with Crippen molar-refractivity contribution in [2.45, 2.75) is 19.3 Å². The lowest BCUT2D eigenvalue weighted by Gasteiger charge is -2.19. The zero-order chi connectivity index (χ0) is 16.4. The number of halogens is 1. The quantitative estimate of drug-likeness (QED) is 0.872. The van der Waals surface area contributed by atoms with E-state index in [0.717, 1.165) is 12.8 Å². The number of nitrogens with zero attached hydrogens (tertiary/aromatic N) is 2. The van der Waals surface area contributed by atoms with Crippen LogP contribution >= 0.6 is 0 Å². The third-order valence-electron chi connectivity index (χ3n) is 4.30. The van der Waals surface area contributed by atoms with Crippen LogP contribution in [0.1, 0.15) is 19.3 Å². The number of benzene rings is 1. The number of carbonyl (C=O) groups excluding carboxylic acids is 1. The van der Waals surface area contributed by atoms with Crippen molar-refractivity contribution in [1.29, 1.82) is 0 Å². The Labute approximate surface area is 135 Å². The molecule has 2 heterocycles. The lowest BCUT2D eigenvalue weighted by molar-refractivity contribution is -0.117. The fraction of sp³-hybridized carbons (Fsp3) is 0.533. The molecular weight excluding hydrogens is 321 g/mol. The Balaban J connectivity index is 1.58. The summed E-state index contributed by atoms with van der Waals surface area (Å²) in [6, 6.07) is 5.74. The highest BCUT2D eigenvalue weighted by Gasteiger charge is 2.32. The number of rotatable bonds is 5. The molecule has 2 aliphatic rings. The van der Waals surface area contributed by atoms with Crippen molar-refractivity contribution in [1.82, 2.24) is 9.03 Å². The monoisotopic (exact) mass is 341 g/mol. The van der Waals surface area contributed by atoms with Crippen molar-refractivity contribution in [2.24, 2.45) is 5.92 Å². The molecule has 2 aliphatic heterocycles. The number of anilines is 1. The molecule has 0 aliphatic carbocycles. The zero-order valence-electron chi connectivity index (χ0n) is 12.7. The molecule has 1 N–H and O–H groups in total. The summed E-state index contributed by atoms with van der Waals surface area (Å²) in [7, 11) is -3.45. The van der Waals surface area contributed by atoms with Crippen LogP contribution in [-0.2, 0) is 15.0 Å². The average Bonchev–Trinajstić information content (AvgIpc) is 3.16. The number of hydrogen-bond donors (Lipinski definition) is 1. The van der Waals surface area contributed by atoms with Crippen molar-refractivity contribution in [3.8, 4) is 0 Å². The first-order valence-corrected chi connectivity index (χ1v) is 9.20. The molecule has 1 aromatic carbocycles. The van der Waals surface area contributed by atoms with Gasteiger partial charge in [-0.05, 0) is 43.0 Å². The lowest BCUT2D eigenvalue weighted by Crippen LogP contribution is -2.41. The normalized spacial score (nSPS) is 22.9. The van der Waals surface area contributed by atoms with Crippen LogP contribution in [0.3, 0.4) is 0 Å². The molecule has 23 heavy (non-hydrogen) atoms. The molecule has 0 aromatic heterocycles. The van der Waals surface area contributed by atoms with E-state index in [1.165, 1.54) is 16.4 Å². The SMILES string of the molecule is O=C1CC(CNS(=O)(=O)N2CCCC2)CN1c1ccc(F)cc1.